The molecular weight excluding hydrogens is 299 g/mol. The maximum Gasteiger partial charge on any atom is 0.308 e. The van der Waals surface area contributed by atoms with Crippen molar-refractivity contribution in [3.8, 4) is 0 Å². The molecule has 6 heteroatoms. The summed E-state index contributed by atoms with van der Waals surface area (Å²) in [5.41, 5.74) is 0.881. The van der Waals surface area contributed by atoms with Crippen LogP contribution in [0.15, 0.2) is 24.3 Å². The monoisotopic (exact) mass is 316 g/mol. The van der Waals surface area contributed by atoms with Gasteiger partial charge >= 0.3 is 5.97 Å². The molecule has 2 N–H and O–H groups in total. The fourth-order valence-corrected chi connectivity index (χ4v) is 3.66. The largest absolute Gasteiger partial charge is 0.481 e. The zero-order valence-electron chi connectivity index (χ0n) is 12.5. The zero-order chi connectivity index (χ0) is 16.1. The molecule has 2 fully saturated rings. The smallest absolute Gasteiger partial charge is 0.308 e. The van der Waals surface area contributed by atoms with Crippen molar-refractivity contribution >= 4 is 22.8 Å². The van der Waals surface area contributed by atoms with Gasteiger partial charge in [0.2, 0.25) is 0 Å². The molecule has 0 bridgehead atoms. The van der Waals surface area contributed by atoms with Crippen LogP contribution in [0.4, 0.5) is 4.39 Å². The van der Waals surface area contributed by atoms with Crippen LogP contribution in [0.5, 0.6) is 0 Å². The Morgan fingerprint density at radius 1 is 1.26 bits per heavy atom. The van der Waals surface area contributed by atoms with E-state index < -0.39 is 11.9 Å². The van der Waals surface area contributed by atoms with Crippen LogP contribution >= 0.6 is 0 Å². The number of carboxylic acids is 1. The fourth-order valence-electron chi connectivity index (χ4n) is 3.66. The fraction of sp³-hybridized carbons (Fsp3) is 0.412. The Hall–Kier alpha value is -2.37. The molecule has 2 atom stereocenters. The van der Waals surface area contributed by atoms with E-state index in [0.29, 0.717) is 29.1 Å². The molecule has 4 rings (SSSR count). The first-order valence-electron chi connectivity index (χ1n) is 7.84. The number of likely N-dealkylation sites (tertiary alicyclic amines) is 1. The number of hydrogen-bond acceptors (Lipinski definition) is 2. The number of rotatable bonds is 3. The molecule has 0 spiro atoms. The number of aromatic amines is 1. The van der Waals surface area contributed by atoms with Gasteiger partial charge in [-0.15, -0.1) is 0 Å². The van der Waals surface area contributed by atoms with Crippen LogP contribution in [0.2, 0.25) is 0 Å². The number of carboxylic acid groups (broad SMARTS) is 1. The normalized spacial score (nSPS) is 24.3. The number of H-pyrrole nitrogens is 1. The van der Waals surface area contributed by atoms with Gasteiger partial charge in [0.1, 0.15) is 11.5 Å². The molecule has 5 nitrogen and oxygen atoms in total. The molecule has 1 aliphatic heterocycles. The van der Waals surface area contributed by atoms with Crippen molar-refractivity contribution in [3.63, 3.8) is 0 Å². The molecule has 23 heavy (non-hydrogen) atoms. The van der Waals surface area contributed by atoms with Crippen molar-refractivity contribution in [3.05, 3.63) is 35.8 Å². The second kappa shape index (κ2) is 5.08. The van der Waals surface area contributed by atoms with Crippen molar-refractivity contribution in [2.24, 2.45) is 17.8 Å². The van der Waals surface area contributed by atoms with E-state index in [0.717, 1.165) is 12.8 Å². The minimum atomic E-state index is -0.833. The number of carbonyl (C=O) groups is 2. The summed E-state index contributed by atoms with van der Waals surface area (Å²) in [5, 5.41) is 9.76. The summed E-state index contributed by atoms with van der Waals surface area (Å²) in [6, 6.07) is 6.16. The van der Waals surface area contributed by atoms with Crippen molar-refractivity contribution in [1.82, 2.24) is 9.88 Å². The number of fused-ring (bicyclic) bond motifs is 1. The van der Waals surface area contributed by atoms with Crippen molar-refractivity contribution in [2.75, 3.05) is 13.1 Å². The van der Waals surface area contributed by atoms with E-state index in [9.17, 15) is 19.1 Å². The highest BCUT2D eigenvalue weighted by Gasteiger charge is 2.47. The highest BCUT2D eigenvalue weighted by atomic mass is 19.1. The summed E-state index contributed by atoms with van der Waals surface area (Å²) >= 11 is 0. The van der Waals surface area contributed by atoms with Gasteiger partial charge in [-0.1, -0.05) is 6.07 Å². The highest BCUT2D eigenvalue weighted by molar-refractivity contribution is 5.98. The van der Waals surface area contributed by atoms with Crippen molar-refractivity contribution < 1.29 is 19.1 Å². The Bertz CT molecular complexity index is 796. The lowest BCUT2D eigenvalue weighted by Crippen LogP contribution is -2.30. The number of halogens is 1. The van der Waals surface area contributed by atoms with Gasteiger partial charge < -0.3 is 15.0 Å². The second-order valence-corrected chi connectivity index (χ2v) is 6.54. The highest BCUT2D eigenvalue weighted by Crippen LogP contribution is 2.44. The van der Waals surface area contributed by atoms with E-state index in [2.05, 4.69) is 4.98 Å². The first-order chi connectivity index (χ1) is 11.0. The second-order valence-electron chi connectivity index (χ2n) is 6.54. The first kappa shape index (κ1) is 14.2. The maximum atomic E-state index is 13.8. The summed E-state index contributed by atoms with van der Waals surface area (Å²) in [4.78, 5) is 28.6. The Morgan fingerprint density at radius 3 is 2.70 bits per heavy atom. The summed E-state index contributed by atoms with van der Waals surface area (Å²) in [5.74, 6) is -1.49. The number of benzene rings is 1. The van der Waals surface area contributed by atoms with Crippen LogP contribution in [-0.4, -0.2) is 40.0 Å². The third kappa shape index (κ3) is 2.38. The van der Waals surface area contributed by atoms with E-state index in [1.54, 1.807) is 17.0 Å². The molecule has 0 unspecified atom stereocenters. The topological polar surface area (TPSA) is 73.4 Å². The van der Waals surface area contributed by atoms with Gasteiger partial charge in [-0.25, -0.2) is 4.39 Å². The predicted molar refractivity (Wildman–Crippen MR) is 81.5 cm³/mol. The Balaban J connectivity index is 1.60. The van der Waals surface area contributed by atoms with Crippen LogP contribution < -0.4 is 0 Å². The number of amides is 1. The van der Waals surface area contributed by atoms with E-state index in [1.807, 2.05) is 0 Å². The Kier molecular flexibility index (Phi) is 3.14. The van der Waals surface area contributed by atoms with Gasteiger partial charge in [0.25, 0.3) is 5.91 Å². The molecule has 1 aliphatic carbocycles. The molecule has 0 radical (unpaired) electrons. The van der Waals surface area contributed by atoms with E-state index >= 15 is 0 Å². The molecule has 1 aromatic carbocycles. The molecule has 2 aromatic rings. The standard InChI is InChI=1S/C17H17FN2O3/c18-13-2-1-3-14-10(13)6-15(19-14)16(21)20-7-11(9-4-5-9)12(8-20)17(22)23/h1-3,6,9,11-12,19H,4-5,7-8H2,(H,22,23)/t11-,12+/m1/s1. The zero-order valence-corrected chi connectivity index (χ0v) is 12.5. The number of nitrogens with one attached hydrogen (secondary N) is 1. The minimum Gasteiger partial charge on any atom is -0.481 e. The van der Waals surface area contributed by atoms with Crippen molar-refractivity contribution in [2.45, 2.75) is 12.8 Å². The molecule has 2 aliphatic rings. The van der Waals surface area contributed by atoms with Gasteiger partial charge in [0.05, 0.1) is 5.92 Å². The summed E-state index contributed by atoms with van der Waals surface area (Å²) in [7, 11) is 0. The molecular formula is C17H17FN2O3. The van der Waals surface area contributed by atoms with E-state index in [4.69, 9.17) is 0 Å². The molecule has 1 saturated heterocycles. The van der Waals surface area contributed by atoms with Gasteiger partial charge in [-0.2, -0.15) is 0 Å². The Morgan fingerprint density at radius 2 is 2.04 bits per heavy atom. The lowest BCUT2D eigenvalue weighted by atomic mass is 9.92. The SMILES string of the molecule is O=C(O)[C@H]1CN(C(=O)c2cc3c(F)cccc3[nH]2)C[C@@H]1C1CC1. The number of aliphatic carboxylic acids is 1. The first-order valence-corrected chi connectivity index (χ1v) is 7.84. The minimum absolute atomic E-state index is 0.0394. The van der Waals surface area contributed by atoms with Crippen LogP contribution in [-0.2, 0) is 4.79 Å². The average molecular weight is 316 g/mol. The van der Waals surface area contributed by atoms with Gasteiger partial charge in [0, 0.05) is 24.0 Å². The molecule has 1 aromatic heterocycles. The number of carbonyl (C=O) groups excluding carboxylic acids is 1. The molecule has 120 valence electrons. The summed E-state index contributed by atoms with van der Waals surface area (Å²) in [6.07, 6.45) is 2.10. The number of aromatic nitrogens is 1. The number of hydrogen-bond donors (Lipinski definition) is 2. The molecule has 1 amide bonds. The van der Waals surface area contributed by atoms with E-state index in [1.165, 1.54) is 12.1 Å². The average Bonchev–Trinajstić information content (AvgIpc) is 3.11. The Labute approximate surface area is 132 Å². The predicted octanol–water partition coefficient (Wildman–Crippen LogP) is 2.49. The van der Waals surface area contributed by atoms with Gasteiger partial charge in [-0.05, 0) is 42.9 Å². The van der Waals surface area contributed by atoms with Crippen LogP contribution in [0, 0.1) is 23.6 Å². The lowest BCUT2D eigenvalue weighted by molar-refractivity contribution is -0.142. The van der Waals surface area contributed by atoms with Gasteiger partial charge in [0.15, 0.2) is 0 Å². The quantitative estimate of drug-likeness (QED) is 0.913. The van der Waals surface area contributed by atoms with Gasteiger partial charge in [-0.3, -0.25) is 9.59 Å². The van der Waals surface area contributed by atoms with Crippen LogP contribution in [0.25, 0.3) is 10.9 Å². The van der Waals surface area contributed by atoms with Crippen LogP contribution in [0.3, 0.4) is 0 Å². The third-order valence-corrected chi connectivity index (χ3v) is 5.04. The summed E-state index contributed by atoms with van der Waals surface area (Å²) in [6.45, 7) is 0.700. The van der Waals surface area contributed by atoms with E-state index in [-0.39, 0.29) is 24.2 Å². The number of nitrogens with zero attached hydrogens (tertiary/aromatic N) is 1. The molecule has 2 heterocycles. The maximum absolute atomic E-state index is 13.8. The summed E-state index contributed by atoms with van der Waals surface area (Å²) < 4.78 is 13.8. The molecule has 1 saturated carbocycles. The van der Waals surface area contributed by atoms with Crippen molar-refractivity contribution in [1.29, 1.82) is 0 Å². The third-order valence-electron chi connectivity index (χ3n) is 5.04. The lowest BCUT2D eigenvalue weighted by Gasteiger charge is -2.15. The van der Waals surface area contributed by atoms with Crippen LogP contribution in [0.1, 0.15) is 23.3 Å².